The molecule has 92 valence electrons. The van der Waals surface area contributed by atoms with Crippen LogP contribution >= 0.6 is 0 Å². The Kier molecular flexibility index (Phi) is 4.77. The Labute approximate surface area is 97.4 Å². The standard InChI is InChI=1S/C12H22N2O2/c1-5-9(6-2)11-7-10(13-14-11)8(3)12(15)16-4/h8-9,11,14H,5-7H2,1-4H3. The van der Waals surface area contributed by atoms with E-state index in [0.717, 1.165) is 25.0 Å². The van der Waals surface area contributed by atoms with Gasteiger partial charge in [-0.3, -0.25) is 4.79 Å². The van der Waals surface area contributed by atoms with E-state index < -0.39 is 0 Å². The monoisotopic (exact) mass is 226 g/mol. The highest BCUT2D eigenvalue weighted by atomic mass is 16.5. The van der Waals surface area contributed by atoms with Gasteiger partial charge in [0.05, 0.1) is 24.8 Å². The predicted octanol–water partition coefficient (Wildman–Crippen LogP) is 1.95. The van der Waals surface area contributed by atoms with Gasteiger partial charge in [-0.1, -0.05) is 26.7 Å². The first kappa shape index (κ1) is 13.0. The number of carbonyl (C=O) groups excluding carboxylic acids is 1. The number of carbonyl (C=O) groups is 1. The lowest BCUT2D eigenvalue weighted by atomic mass is 9.89. The van der Waals surface area contributed by atoms with Crippen molar-refractivity contribution in [1.29, 1.82) is 0 Å². The SMILES string of the molecule is CCC(CC)C1CC(C(C)C(=O)OC)=NN1. The van der Waals surface area contributed by atoms with Crippen molar-refractivity contribution in [2.24, 2.45) is 16.9 Å². The molecule has 0 amide bonds. The molecule has 1 aliphatic heterocycles. The summed E-state index contributed by atoms with van der Waals surface area (Å²) < 4.78 is 4.73. The zero-order valence-electron chi connectivity index (χ0n) is 10.6. The summed E-state index contributed by atoms with van der Waals surface area (Å²) in [6, 6.07) is 0.386. The fourth-order valence-electron chi connectivity index (χ4n) is 2.20. The molecule has 1 heterocycles. The lowest BCUT2D eigenvalue weighted by molar-refractivity contribution is -0.142. The number of hydrazone groups is 1. The van der Waals surface area contributed by atoms with Gasteiger partial charge in [-0.2, -0.15) is 5.10 Å². The highest BCUT2D eigenvalue weighted by molar-refractivity contribution is 6.02. The molecule has 0 spiro atoms. The van der Waals surface area contributed by atoms with Gasteiger partial charge in [0.2, 0.25) is 0 Å². The van der Waals surface area contributed by atoms with E-state index in [2.05, 4.69) is 24.4 Å². The Morgan fingerprint density at radius 3 is 2.69 bits per heavy atom. The Bertz CT molecular complexity index is 272. The smallest absolute Gasteiger partial charge is 0.314 e. The summed E-state index contributed by atoms with van der Waals surface area (Å²) in [7, 11) is 1.42. The van der Waals surface area contributed by atoms with Crippen molar-refractivity contribution in [2.45, 2.75) is 46.1 Å². The van der Waals surface area contributed by atoms with E-state index in [0.29, 0.717) is 12.0 Å². The summed E-state index contributed by atoms with van der Waals surface area (Å²) in [4.78, 5) is 11.4. The van der Waals surface area contributed by atoms with Gasteiger partial charge < -0.3 is 10.2 Å². The van der Waals surface area contributed by atoms with Gasteiger partial charge in [-0.25, -0.2) is 0 Å². The van der Waals surface area contributed by atoms with Crippen molar-refractivity contribution in [2.75, 3.05) is 7.11 Å². The lowest BCUT2D eigenvalue weighted by Gasteiger charge is -2.20. The fourth-order valence-corrected chi connectivity index (χ4v) is 2.20. The minimum atomic E-state index is -0.225. The second-order valence-electron chi connectivity index (χ2n) is 4.36. The highest BCUT2D eigenvalue weighted by Crippen LogP contribution is 2.22. The molecule has 1 aliphatic rings. The molecule has 2 atom stereocenters. The maximum absolute atomic E-state index is 11.4. The topological polar surface area (TPSA) is 50.7 Å². The minimum absolute atomic E-state index is 0.203. The molecule has 0 saturated carbocycles. The Balaban J connectivity index is 2.53. The van der Waals surface area contributed by atoms with Gasteiger partial charge >= 0.3 is 5.97 Å². The van der Waals surface area contributed by atoms with E-state index >= 15 is 0 Å². The normalized spacial score (nSPS) is 21.6. The number of rotatable bonds is 5. The van der Waals surface area contributed by atoms with Gasteiger partial charge in [0.15, 0.2) is 0 Å². The molecular weight excluding hydrogens is 204 g/mol. The molecule has 1 rings (SSSR count). The first-order valence-electron chi connectivity index (χ1n) is 6.03. The summed E-state index contributed by atoms with van der Waals surface area (Å²) in [5, 5.41) is 4.27. The van der Waals surface area contributed by atoms with Crippen LogP contribution in [0.4, 0.5) is 0 Å². The van der Waals surface area contributed by atoms with Crippen LogP contribution in [0.5, 0.6) is 0 Å². The Morgan fingerprint density at radius 2 is 2.19 bits per heavy atom. The van der Waals surface area contributed by atoms with Crippen molar-refractivity contribution in [3.63, 3.8) is 0 Å². The second kappa shape index (κ2) is 5.87. The Hall–Kier alpha value is -1.06. The summed E-state index contributed by atoms with van der Waals surface area (Å²) >= 11 is 0. The third-order valence-corrected chi connectivity index (χ3v) is 3.48. The van der Waals surface area contributed by atoms with Crippen molar-refractivity contribution in [3.8, 4) is 0 Å². The van der Waals surface area contributed by atoms with Gasteiger partial charge in [0, 0.05) is 6.42 Å². The molecule has 0 fully saturated rings. The molecule has 0 aromatic heterocycles. The van der Waals surface area contributed by atoms with Crippen LogP contribution in [0.25, 0.3) is 0 Å². The Morgan fingerprint density at radius 1 is 1.56 bits per heavy atom. The van der Waals surface area contributed by atoms with Crippen LogP contribution in [0.2, 0.25) is 0 Å². The maximum Gasteiger partial charge on any atom is 0.314 e. The van der Waals surface area contributed by atoms with Crippen LogP contribution in [0, 0.1) is 11.8 Å². The maximum atomic E-state index is 11.4. The summed E-state index contributed by atoms with van der Waals surface area (Å²) in [6.07, 6.45) is 3.15. The quantitative estimate of drug-likeness (QED) is 0.729. The first-order valence-corrected chi connectivity index (χ1v) is 6.03. The van der Waals surface area contributed by atoms with E-state index in [1.807, 2.05) is 6.92 Å². The number of esters is 1. The average Bonchev–Trinajstić information content (AvgIpc) is 2.78. The highest BCUT2D eigenvalue weighted by Gasteiger charge is 2.30. The van der Waals surface area contributed by atoms with E-state index in [4.69, 9.17) is 4.74 Å². The summed E-state index contributed by atoms with van der Waals surface area (Å²) in [5.74, 6) is 0.203. The van der Waals surface area contributed by atoms with Gasteiger partial charge in [0.1, 0.15) is 0 Å². The summed E-state index contributed by atoms with van der Waals surface area (Å²) in [5.41, 5.74) is 4.07. The van der Waals surface area contributed by atoms with Crippen LogP contribution in [-0.4, -0.2) is 24.8 Å². The van der Waals surface area contributed by atoms with E-state index in [9.17, 15) is 4.79 Å². The number of nitrogens with zero attached hydrogens (tertiary/aromatic N) is 1. The van der Waals surface area contributed by atoms with E-state index in [1.165, 1.54) is 7.11 Å². The molecule has 0 saturated heterocycles. The average molecular weight is 226 g/mol. The molecule has 0 aromatic rings. The molecule has 4 nitrogen and oxygen atoms in total. The molecule has 0 radical (unpaired) electrons. The fraction of sp³-hybridized carbons (Fsp3) is 0.833. The summed E-state index contributed by atoms with van der Waals surface area (Å²) in [6.45, 7) is 6.23. The largest absolute Gasteiger partial charge is 0.469 e. The van der Waals surface area contributed by atoms with Crippen LogP contribution in [-0.2, 0) is 9.53 Å². The third kappa shape index (κ3) is 2.74. The van der Waals surface area contributed by atoms with Gasteiger partial charge in [-0.15, -0.1) is 0 Å². The molecule has 2 unspecified atom stereocenters. The van der Waals surface area contributed by atoms with Gasteiger partial charge in [0.25, 0.3) is 0 Å². The van der Waals surface area contributed by atoms with Crippen LogP contribution < -0.4 is 5.43 Å². The predicted molar refractivity (Wildman–Crippen MR) is 64.2 cm³/mol. The molecule has 0 aliphatic carbocycles. The second-order valence-corrected chi connectivity index (χ2v) is 4.36. The van der Waals surface area contributed by atoms with Crippen molar-refractivity contribution in [3.05, 3.63) is 0 Å². The van der Waals surface area contributed by atoms with E-state index in [1.54, 1.807) is 0 Å². The van der Waals surface area contributed by atoms with E-state index in [-0.39, 0.29) is 11.9 Å². The number of methoxy groups -OCH3 is 1. The molecule has 0 bridgehead atoms. The number of nitrogens with one attached hydrogen (secondary N) is 1. The zero-order chi connectivity index (χ0) is 12.1. The van der Waals surface area contributed by atoms with Crippen molar-refractivity contribution < 1.29 is 9.53 Å². The number of hydrogen-bond acceptors (Lipinski definition) is 4. The van der Waals surface area contributed by atoms with Crippen molar-refractivity contribution in [1.82, 2.24) is 5.43 Å². The minimum Gasteiger partial charge on any atom is -0.469 e. The lowest BCUT2D eigenvalue weighted by Crippen LogP contribution is -2.29. The third-order valence-electron chi connectivity index (χ3n) is 3.48. The molecule has 0 aromatic carbocycles. The van der Waals surface area contributed by atoms with Crippen LogP contribution in [0.1, 0.15) is 40.0 Å². The number of hydrogen-bond donors (Lipinski definition) is 1. The van der Waals surface area contributed by atoms with Crippen molar-refractivity contribution >= 4 is 11.7 Å². The van der Waals surface area contributed by atoms with Crippen LogP contribution in [0.3, 0.4) is 0 Å². The molecule has 1 N–H and O–H groups in total. The molecule has 16 heavy (non-hydrogen) atoms. The van der Waals surface area contributed by atoms with Crippen LogP contribution in [0.15, 0.2) is 5.10 Å². The molecular formula is C12H22N2O2. The first-order chi connectivity index (χ1) is 7.63. The zero-order valence-corrected chi connectivity index (χ0v) is 10.6. The molecule has 4 heteroatoms. The number of ether oxygens (including phenoxy) is 1. The van der Waals surface area contributed by atoms with Gasteiger partial charge in [-0.05, 0) is 12.8 Å².